The molecule has 2 nitrogen and oxygen atoms in total. The number of hydrogen-bond donors (Lipinski definition) is 1. The molecule has 20 heavy (non-hydrogen) atoms. The second kappa shape index (κ2) is 7.33. The van der Waals surface area contributed by atoms with Gasteiger partial charge >= 0.3 is 0 Å². The van der Waals surface area contributed by atoms with Crippen LogP contribution in [-0.2, 0) is 12.8 Å². The third-order valence-electron chi connectivity index (χ3n) is 3.84. The molecule has 0 spiro atoms. The van der Waals surface area contributed by atoms with E-state index in [0.717, 1.165) is 49.1 Å². The highest BCUT2D eigenvalue weighted by Crippen LogP contribution is 2.33. The predicted molar refractivity (Wildman–Crippen MR) is 85.9 cm³/mol. The Kier molecular flexibility index (Phi) is 5.74. The topological polar surface area (TPSA) is 21.3 Å². The van der Waals surface area contributed by atoms with E-state index in [1.807, 2.05) is 6.07 Å². The Morgan fingerprint density at radius 3 is 2.85 bits per heavy atom. The van der Waals surface area contributed by atoms with Crippen molar-refractivity contribution in [1.29, 1.82) is 0 Å². The van der Waals surface area contributed by atoms with E-state index in [4.69, 9.17) is 16.3 Å². The van der Waals surface area contributed by atoms with Gasteiger partial charge in [0.15, 0.2) is 0 Å². The summed E-state index contributed by atoms with van der Waals surface area (Å²) in [4.78, 5) is 0. The van der Waals surface area contributed by atoms with E-state index in [1.54, 1.807) is 0 Å². The van der Waals surface area contributed by atoms with Crippen molar-refractivity contribution in [2.75, 3.05) is 13.2 Å². The molecule has 0 amide bonds. The van der Waals surface area contributed by atoms with E-state index in [2.05, 4.69) is 32.2 Å². The Morgan fingerprint density at radius 1 is 1.35 bits per heavy atom. The Hall–Kier alpha value is -0.730. The first kappa shape index (κ1) is 15.7. The maximum atomic E-state index is 6.22. The van der Waals surface area contributed by atoms with Crippen LogP contribution >= 0.6 is 11.6 Å². The smallest absolute Gasteiger partial charge is 0.125 e. The Bertz CT molecular complexity index is 445. The Morgan fingerprint density at radius 2 is 2.15 bits per heavy atom. The summed E-state index contributed by atoms with van der Waals surface area (Å²) in [5.74, 6) is 1.81. The number of rotatable bonds is 7. The Balaban J connectivity index is 2.02. The molecule has 0 saturated carbocycles. The third kappa shape index (κ3) is 4.13. The van der Waals surface area contributed by atoms with Crippen molar-refractivity contribution in [2.24, 2.45) is 5.92 Å². The summed E-state index contributed by atoms with van der Waals surface area (Å²) < 4.78 is 5.78. The van der Waals surface area contributed by atoms with Gasteiger partial charge in [-0.3, -0.25) is 0 Å². The minimum absolute atomic E-state index is 0.580. The summed E-state index contributed by atoms with van der Waals surface area (Å²) in [6, 6.07) is 4.70. The molecule has 1 heterocycles. The SMILES string of the molecule is CCNC(CCc1cc(Cl)cc2c1OCC2)CC(C)C. The van der Waals surface area contributed by atoms with Crippen LogP contribution in [0.3, 0.4) is 0 Å². The summed E-state index contributed by atoms with van der Waals surface area (Å²) >= 11 is 6.22. The van der Waals surface area contributed by atoms with Gasteiger partial charge in [-0.25, -0.2) is 0 Å². The number of fused-ring (bicyclic) bond motifs is 1. The van der Waals surface area contributed by atoms with Gasteiger partial charge in [0.1, 0.15) is 5.75 Å². The standard InChI is InChI=1S/C17H26ClNO/c1-4-19-16(9-12(2)3)6-5-13-10-15(18)11-14-7-8-20-17(13)14/h10-12,16,19H,4-9H2,1-3H3. The van der Waals surface area contributed by atoms with Crippen LogP contribution in [0.5, 0.6) is 5.75 Å². The molecule has 0 bridgehead atoms. The lowest BCUT2D eigenvalue weighted by Crippen LogP contribution is -2.30. The van der Waals surface area contributed by atoms with Crippen LogP contribution in [0.15, 0.2) is 12.1 Å². The summed E-state index contributed by atoms with van der Waals surface area (Å²) in [7, 11) is 0. The van der Waals surface area contributed by atoms with Crippen molar-refractivity contribution < 1.29 is 4.74 Å². The molecule has 1 aliphatic rings. The van der Waals surface area contributed by atoms with Crippen molar-refractivity contribution in [2.45, 2.75) is 52.5 Å². The lowest BCUT2D eigenvalue weighted by atomic mass is 9.96. The number of hydrogen-bond acceptors (Lipinski definition) is 2. The van der Waals surface area contributed by atoms with Gasteiger partial charge in [-0.2, -0.15) is 0 Å². The van der Waals surface area contributed by atoms with Crippen LogP contribution in [0.25, 0.3) is 0 Å². The Labute approximate surface area is 127 Å². The molecule has 112 valence electrons. The molecule has 0 fully saturated rings. The van der Waals surface area contributed by atoms with E-state index in [9.17, 15) is 0 Å². The molecule has 0 aromatic heterocycles. The van der Waals surface area contributed by atoms with Gasteiger partial charge in [-0.1, -0.05) is 32.4 Å². The van der Waals surface area contributed by atoms with Crippen LogP contribution in [0.1, 0.15) is 44.7 Å². The predicted octanol–water partition coefficient (Wildman–Crippen LogP) is 4.23. The summed E-state index contributed by atoms with van der Waals surface area (Å²) in [5.41, 5.74) is 2.55. The fourth-order valence-corrected chi connectivity index (χ4v) is 3.29. The number of nitrogens with one attached hydrogen (secondary N) is 1. The highest BCUT2D eigenvalue weighted by Gasteiger charge is 2.18. The zero-order valence-corrected chi connectivity index (χ0v) is 13.6. The van der Waals surface area contributed by atoms with Crippen molar-refractivity contribution in [1.82, 2.24) is 5.32 Å². The molecule has 1 aromatic carbocycles. The zero-order chi connectivity index (χ0) is 14.5. The molecule has 0 aliphatic carbocycles. The van der Waals surface area contributed by atoms with E-state index >= 15 is 0 Å². The van der Waals surface area contributed by atoms with Crippen molar-refractivity contribution in [3.05, 3.63) is 28.3 Å². The van der Waals surface area contributed by atoms with Crippen molar-refractivity contribution in [3.63, 3.8) is 0 Å². The largest absolute Gasteiger partial charge is 0.493 e. The van der Waals surface area contributed by atoms with Gasteiger partial charge in [-0.05, 0) is 55.0 Å². The molecule has 1 aliphatic heterocycles. The molecular weight excluding hydrogens is 270 g/mol. The van der Waals surface area contributed by atoms with Crippen LogP contribution in [0.2, 0.25) is 5.02 Å². The van der Waals surface area contributed by atoms with Gasteiger partial charge in [0, 0.05) is 17.5 Å². The normalized spacial score (nSPS) is 15.2. The number of ether oxygens (including phenoxy) is 1. The third-order valence-corrected chi connectivity index (χ3v) is 4.05. The maximum Gasteiger partial charge on any atom is 0.125 e. The van der Waals surface area contributed by atoms with Crippen LogP contribution < -0.4 is 10.1 Å². The zero-order valence-electron chi connectivity index (χ0n) is 12.8. The fraction of sp³-hybridized carbons (Fsp3) is 0.647. The van der Waals surface area contributed by atoms with Crippen LogP contribution in [0.4, 0.5) is 0 Å². The van der Waals surface area contributed by atoms with Gasteiger partial charge in [0.2, 0.25) is 0 Å². The van der Waals surface area contributed by atoms with Crippen molar-refractivity contribution >= 4 is 11.6 Å². The lowest BCUT2D eigenvalue weighted by Gasteiger charge is -2.20. The molecule has 2 rings (SSSR count). The molecule has 1 unspecified atom stereocenters. The summed E-state index contributed by atoms with van der Waals surface area (Å²) in [5, 5.41) is 4.43. The molecule has 1 atom stereocenters. The lowest BCUT2D eigenvalue weighted by molar-refractivity contribution is 0.350. The van der Waals surface area contributed by atoms with E-state index in [0.29, 0.717) is 6.04 Å². The van der Waals surface area contributed by atoms with Gasteiger partial charge in [-0.15, -0.1) is 0 Å². The van der Waals surface area contributed by atoms with Crippen LogP contribution in [0, 0.1) is 5.92 Å². The molecule has 0 radical (unpaired) electrons. The first-order chi connectivity index (χ1) is 9.60. The average Bonchev–Trinajstić information content (AvgIpc) is 2.83. The highest BCUT2D eigenvalue weighted by atomic mass is 35.5. The summed E-state index contributed by atoms with van der Waals surface area (Å²) in [6.07, 6.45) is 4.39. The van der Waals surface area contributed by atoms with Gasteiger partial charge in [0.05, 0.1) is 6.61 Å². The van der Waals surface area contributed by atoms with E-state index < -0.39 is 0 Å². The number of benzene rings is 1. The molecule has 0 saturated heterocycles. The fourth-order valence-electron chi connectivity index (χ4n) is 3.02. The quantitative estimate of drug-likeness (QED) is 0.813. The first-order valence-electron chi connectivity index (χ1n) is 7.77. The first-order valence-corrected chi connectivity index (χ1v) is 8.15. The second-order valence-corrected chi connectivity index (χ2v) is 6.51. The second-order valence-electron chi connectivity index (χ2n) is 6.07. The monoisotopic (exact) mass is 295 g/mol. The molecular formula is C17H26ClNO. The molecule has 1 aromatic rings. The van der Waals surface area contributed by atoms with Crippen molar-refractivity contribution in [3.8, 4) is 5.75 Å². The minimum Gasteiger partial charge on any atom is -0.493 e. The van der Waals surface area contributed by atoms with E-state index in [1.165, 1.54) is 17.5 Å². The maximum absolute atomic E-state index is 6.22. The highest BCUT2D eigenvalue weighted by molar-refractivity contribution is 6.30. The average molecular weight is 296 g/mol. The van der Waals surface area contributed by atoms with Gasteiger partial charge < -0.3 is 10.1 Å². The number of halogens is 1. The summed E-state index contributed by atoms with van der Waals surface area (Å²) in [6.45, 7) is 8.56. The number of aryl methyl sites for hydroxylation is 1. The molecule has 1 N–H and O–H groups in total. The van der Waals surface area contributed by atoms with Gasteiger partial charge in [0.25, 0.3) is 0 Å². The minimum atomic E-state index is 0.580. The van der Waals surface area contributed by atoms with Crippen LogP contribution in [-0.4, -0.2) is 19.2 Å². The molecule has 3 heteroatoms. The van der Waals surface area contributed by atoms with E-state index in [-0.39, 0.29) is 0 Å².